The molecule has 0 saturated carbocycles. The molecule has 0 amide bonds. The van der Waals surface area contributed by atoms with E-state index in [1.807, 2.05) is 18.3 Å². The van der Waals surface area contributed by atoms with Crippen LogP contribution in [0.4, 0.5) is 10.2 Å². The van der Waals surface area contributed by atoms with E-state index in [0.717, 1.165) is 55.4 Å². The molecule has 0 radical (unpaired) electrons. The average Bonchev–Trinajstić information content (AvgIpc) is 3.12. The fourth-order valence-corrected chi connectivity index (χ4v) is 3.34. The first-order valence-electron chi connectivity index (χ1n) is 8.56. The molecule has 1 aliphatic heterocycles. The second kappa shape index (κ2) is 7.43. The van der Waals surface area contributed by atoms with Crippen LogP contribution in [0, 0.1) is 5.82 Å². The summed E-state index contributed by atoms with van der Waals surface area (Å²) < 4.78 is 13.1. The Balaban J connectivity index is 1.40. The Hall–Kier alpha value is -2.44. The van der Waals surface area contributed by atoms with E-state index in [0.29, 0.717) is 5.02 Å². The Kier molecular flexibility index (Phi) is 4.86. The number of nitrogens with one attached hydrogen (secondary N) is 1. The molecule has 1 aromatic carbocycles. The predicted octanol–water partition coefficient (Wildman–Crippen LogP) is 3.59. The van der Waals surface area contributed by atoms with Crippen LogP contribution in [0.2, 0.25) is 5.02 Å². The van der Waals surface area contributed by atoms with Crippen molar-refractivity contribution in [3.05, 3.63) is 65.2 Å². The van der Waals surface area contributed by atoms with E-state index in [-0.39, 0.29) is 5.82 Å². The molecule has 1 aliphatic rings. The molecule has 0 bridgehead atoms. The van der Waals surface area contributed by atoms with Gasteiger partial charge in [-0.15, -0.1) is 0 Å². The first kappa shape index (κ1) is 17.0. The summed E-state index contributed by atoms with van der Waals surface area (Å²) in [6, 6.07) is 10.3. The third-order valence-electron chi connectivity index (χ3n) is 4.65. The molecule has 3 aromatic rings. The van der Waals surface area contributed by atoms with Crippen molar-refractivity contribution in [1.82, 2.24) is 20.1 Å². The number of aromatic nitrogens is 3. The van der Waals surface area contributed by atoms with E-state index in [1.165, 1.54) is 12.1 Å². The van der Waals surface area contributed by atoms with Crippen molar-refractivity contribution in [1.29, 1.82) is 0 Å². The molecule has 5 nitrogen and oxygen atoms in total. The summed E-state index contributed by atoms with van der Waals surface area (Å²) in [5.74, 6) is 0.728. The van der Waals surface area contributed by atoms with Gasteiger partial charge in [0.15, 0.2) is 0 Å². The van der Waals surface area contributed by atoms with Gasteiger partial charge in [0.1, 0.15) is 11.6 Å². The summed E-state index contributed by atoms with van der Waals surface area (Å²) in [5.41, 5.74) is 3.02. The van der Waals surface area contributed by atoms with Gasteiger partial charge in [0.2, 0.25) is 0 Å². The van der Waals surface area contributed by atoms with E-state index in [9.17, 15) is 4.39 Å². The molecule has 7 heteroatoms. The molecule has 4 rings (SSSR count). The lowest BCUT2D eigenvalue weighted by atomic mass is 10.1. The van der Waals surface area contributed by atoms with Crippen LogP contribution >= 0.6 is 11.6 Å². The molecule has 0 aliphatic carbocycles. The number of hydrogen-bond donors (Lipinski definition) is 1. The summed E-state index contributed by atoms with van der Waals surface area (Å²) in [5, 5.41) is 7.87. The summed E-state index contributed by atoms with van der Waals surface area (Å²) in [6.45, 7) is 4.53. The monoisotopic (exact) mass is 371 g/mol. The quantitative estimate of drug-likeness (QED) is 0.761. The van der Waals surface area contributed by atoms with Gasteiger partial charge in [0.05, 0.1) is 16.9 Å². The van der Waals surface area contributed by atoms with Crippen LogP contribution < -0.4 is 4.90 Å². The number of hydrogen-bond acceptors (Lipinski definition) is 4. The maximum atomic E-state index is 13.1. The number of H-pyrrole nitrogens is 1. The summed E-state index contributed by atoms with van der Waals surface area (Å²) in [4.78, 5) is 9.05. The Bertz CT molecular complexity index is 854. The Labute approximate surface area is 156 Å². The zero-order valence-corrected chi connectivity index (χ0v) is 15.0. The van der Waals surface area contributed by atoms with E-state index < -0.39 is 0 Å². The van der Waals surface area contributed by atoms with Crippen LogP contribution in [0.15, 0.2) is 48.8 Å². The number of rotatable bonds is 4. The highest BCUT2D eigenvalue weighted by Crippen LogP contribution is 2.23. The lowest BCUT2D eigenvalue weighted by molar-refractivity contribution is 0.249. The van der Waals surface area contributed by atoms with Crippen LogP contribution in [0.1, 0.15) is 5.56 Å². The molecule has 0 unspecified atom stereocenters. The van der Waals surface area contributed by atoms with Crippen molar-refractivity contribution in [2.24, 2.45) is 0 Å². The molecular formula is C19H19ClFN5. The first-order chi connectivity index (χ1) is 12.7. The minimum absolute atomic E-state index is 0.234. The van der Waals surface area contributed by atoms with Gasteiger partial charge >= 0.3 is 0 Å². The summed E-state index contributed by atoms with van der Waals surface area (Å²) in [7, 11) is 0. The molecule has 0 atom stereocenters. The van der Waals surface area contributed by atoms with Crippen molar-refractivity contribution in [2.45, 2.75) is 6.54 Å². The van der Waals surface area contributed by atoms with Gasteiger partial charge in [-0.1, -0.05) is 11.6 Å². The number of benzene rings is 1. The van der Waals surface area contributed by atoms with Crippen LogP contribution in [-0.2, 0) is 6.54 Å². The van der Waals surface area contributed by atoms with E-state index in [1.54, 1.807) is 18.3 Å². The van der Waals surface area contributed by atoms with Gasteiger partial charge in [-0.25, -0.2) is 9.37 Å². The maximum absolute atomic E-state index is 13.1. The Morgan fingerprint density at radius 1 is 1.00 bits per heavy atom. The second-order valence-electron chi connectivity index (χ2n) is 6.37. The highest BCUT2D eigenvalue weighted by atomic mass is 35.5. The van der Waals surface area contributed by atoms with Gasteiger partial charge in [-0.2, -0.15) is 5.10 Å². The fourth-order valence-electron chi connectivity index (χ4n) is 3.23. The lowest BCUT2D eigenvalue weighted by Gasteiger charge is -2.35. The van der Waals surface area contributed by atoms with Crippen LogP contribution in [-0.4, -0.2) is 46.3 Å². The molecule has 1 N–H and O–H groups in total. The molecule has 0 spiro atoms. The van der Waals surface area contributed by atoms with Gasteiger partial charge < -0.3 is 4.90 Å². The zero-order chi connectivity index (χ0) is 17.9. The average molecular weight is 372 g/mol. The largest absolute Gasteiger partial charge is 0.354 e. The van der Waals surface area contributed by atoms with Crippen LogP contribution in [0.5, 0.6) is 0 Å². The number of halogens is 2. The van der Waals surface area contributed by atoms with Crippen molar-refractivity contribution in [2.75, 3.05) is 31.1 Å². The smallest absolute Gasteiger partial charge is 0.128 e. The number of pyridine rings is 1. The van der Waals surface area contributed by atoms with E-state index >= 15 is 0 Å². The molecule has 134 valence electrons. The van der Waals surface area contributed by atoms with Crippen molar-refractivity contribution < 1.29 is 4.39 Å². The summed E-state index contributed by atoms with van der Waals surface area (Å²) >= 11 is 5.91. The Morgan fingerprint density at radius 2 is 1.77 bits per heavy atom. The molecule has 1 fully saturated rings. The van der Waals surface area contributed by atoms with Gasteiger partial charge in [-0.3, -0.25) is 10.00 Å². The van der Waals surface area contributed by atoms with Crippen molar-refractivity contribution >= 4 is 17.4 Å². The predicted molar refractivity (Wildman–Crippen MR) is 101 cm³/mol. The van der Waals surface area contributed by atoms with Crippen LogP contribution in [0.3, 0.4) is 0 Å². The van der Waals surface area contributed by atoms with Crippen molar-refractivity contribution in [3.8, 4) is 11.3 Å². The van der Waals surface area contributed by atoms with E-state index in [2.05, 4.69) is 25.0 Å². The topological polar surface area (TPSA) is 48.1 Å². The molecule has 3 heterocycles. The Morgan fingerprint density at radius 3 is 2.46 bits per heavy atom. The van der Waals surface area contributed by atoms with Gasteiger partial charge in [0, 0.05) is 50.0 Å². The van der Waals surface area contributed by atoms with Gasteiger partial charge in [-0.05, 0) is 36.4 Å². The number of piperazine rings is 1. The third-order valence-corrected chi connectivity index (χ3v) is 4.88. The number of anilines is 1. The summed E-state index contributed by atoms with van der Waals surface area (Å²) in [6.07, 6.45) is 3.54. The standard InChI is InChI=1S/C19H19ClFN5/c20-16-3-6-18(22-12-16)26-9-7-25(8-10-26)13-15-11-23-24-19(15)14-1-4-17(21)5-2-14/h1-6,11-12H,7-10,13H2,(H,23,24). The zero-order valence-electron chi connectivity index (χ0n) is 14.2. The normalized spacial score (nSPS) is 15.4. The second-order valence-corrected chi connectivity index (χ2v) is 6.81. The molecule has 2 aromatic heterocycles. The highest BCUT2D eigenvalue weighted by Gasteiger charge is 2.20. The fraction of sp³-hybridized carbons (Fsp3) is 0.263. The molecule has 26 heavy (non-hydrogen) atoms. The minimum atomic E-state index is -0.234. The van der Waals surface area contributed by atoms with Crippen molar-refractivity contribution in [3.63, 3.8) is 0 Å². The lowest BCUT2D eigenvalue weighted by Crippen LogP contribution is -2.46. The third kappa shape index (κ3) is 3.71. The molecular weight excluding hydrogens is 353 g/mol. The van der Waals surface area contributed by atoms with E-state index in [4.69, 9.17) is 11.6 Å². The highest BCUT2D eigenvalue weighted by molar-refractivity contribution is 6.30. The molecule has 1 saturated heterocycles. The number of nitrogens with zero attached hydrogens (tertiary/aromatic N) is 4. The SMILES string of the molecule is Fc1ccc(-c2[nH]ncc2CN2CCN(c3ccc(Cl)cn3)CC2)cc1. The van der Waals surface area contributed by atoms with Crippen LogP contribution in [0.25, 0.3) is 11.3 Å². The maximum Gasteiger partial charge on any atom is 0.128 e. The minimum Gasteiger partial charge on any atom is -0.354 e. The first-order valence-corrected chi connectivity index (χ1v) is 8.94. The number of aromatic amines is 1. The van der Waals surface area contributed by atoms with Gasteiger partial charge in [0.25, 0.3) is 0 Å².